The molecule has 4 amide bonds. The molecule has 18 nitrogen and oxygen atoms in total. The summed E-state index contributed by atoms with van der Waals surface area (Å²) in [6.07, 6.45) is 6.33. The standard InChI is InChI=1S/C44H52ClN11O7/c1-25(2)56-34-6-4-27(18-26(34)19-36(43(56)61)62-24-39(58)46-3)48-40-32(45)22-47-44(51-40)54-12-10-29(11-13-54)63-30-20-28(21-30)52-14-16-53(17-15-52)37-8-5-31-33(49-37)23-55(42(31)60)35-7-9-38(57)50-41(35)59/h4-6,8,18-19,22,25,28-30,35H,7,9-17,20-21,23-24H2,1-3H3,(H,46,58)(H,47,48,51)(H,50,57,59). The molecule has 3 aromatic heterocycles. The molecule has 3 N–H and O–H groups in total. The van der Waals surface area contributed by atoms with Crippen molar-refractivity contribution in [3.05, 3.63) is 69.2 Å². The molecule has 4 fully saturated rings. The highest BCUT2D eigenvalue weighted by atomic mass is 35.5. The van der Waals surface area contributed by atoms with Crippen LogP contribution >= 0.6 is 11.6 Å². The number of amides is 4. The van der Waals surface area contributed by atoms with Crippen LogP contribution in [0.3, 0.4) is 0 Å². The molecule has 4 aliphatic heterocycles. The molecule has 1 unspecified atom stereocenters. The molecule has 3 saturated heterocycles. The van der Waals surface area contributed by atoms with Crippen molar-refractivity contribution >= 4 is 69.4 Å². The largest absolute Gasteiger partial charge is 0.478 e. The number of rotatable bonds is 12. The number of carbonyl (C=O) groups is 4. The van der Waals surface area contributed by atoms with Crippen molar-refractivity contribution in [2.24, 2.45) is 0 Å². The van der Waals surface area contributed by atoms with Crippen LogP contribution in [0.15, 0.2) is 47.4 Å². The van der Waals surface area contributed by atoms with Crippen molar-refractivity contribution in [3.8, 4) is 5.75 Å². The summed E-state index contributed by atoms with van der Waals surface area (Å²) >= 11 is 6.60. The van der Waals surface area contributed by atoms with E-state index < -0.39 is 11.9 Å². The number of likely N-dealkylation sites (N-methyl/N-ethyl adjacent to an activating group) is 1. The molecular weight excluding hydrogens is 830 g/mol. The van der Waals surface area contributed by atoms with E-state index in [-0.39, 0.29) is 66.9 Å². The molecular formula is C44H52ClN11O7. The number of aromatic nitrogens is 4. The summed E-state index contributed by atoms with van der Waals surface area (Å²) in [6, 6.07) is 10.7. The van der Waals surface area contributed by atoms with Crippen LogP contribution in [0.1, 0.15) is 74.5 Å². The van der Waals surface area contributed by atoms with Gasteiger partial charge in [0.2, 0.25) is 17.8 Å². The number of benzene rings is 1. The molecule has 7 heterocycles. The fourth-order valence-electron chi connectivity index (χ4n) is 9.29. The monoisotopic (exact) mass is 881 g/mol. The summed E-state index contributed by atoms with van der Waals surface area (Å²) in [6.45, 7) is 8.88. The number of pyridine rings is 2. The number of nitrogens with zero attached hydrogens (tertiary/aromatic N) is 8. The Morgan fingerprint density at radius 3 is 2.44 bits per heavy atom. The van der Waals surface area contributed by atoms with E-state index in [0.717, 1.165) is 81.7 Å². The predicted octanol–water partition coefficient (Wildman–Crippen LogP) is 3.39. The van der Waals surface area contributed by atoms with Gasteiger partial charge in [0.05, 0.1) is 41.7 Å². The lowest BCUT2D eigenvalue weighted by molar-refractivity contribution is -0.137. The third-order valence-electron chi connectivity index (χ3n) is 12.8. The molecule has 19 heteroatoms. The van der Waals surface area contributed by atoms with Gasteiger partial charge < -0.3 is 39.4 Å². The summed E-state index contributed by atoms with van der Waals surface area (Å²) in [7, 11) is 1.51. The van der Waals surface area contributed by atoms with Crippen LogP contribution in [-0.2, 0) is 25.7 Å². The van der Waals surface area contributed by atoms with Crippen molar-refractivity contribution in [2.45, 2.75) is 89.3 Å². The van der Waals surface area contributed by atoms with Crippen LogP contribution in [0.4, 0.5) is 23.3 Å². The van der Waals surface area contributed by atoms with Crippen LogP contribution in [-0.4, -0.2) is 130 Å². The maximum Gasteiger partial charge on any atom is 0.293 e. The molecule has 1 saturated carbocycles. The Balaban J connectivity index is 0.739. The van der Waals surface area contributed by atoms with Crippen LogP contribution in [0, 0.1) is 0 Å². The molecule has 1 atom stereocenters. The first-order valence-electron chi connectivity index (χ1n) is 21.8. The minimum Gasteiger partial charge on any atom is -0.478 e. The normalized spacial score (nSPS) is 22.0. The molecule has 9 rings (SSSR count). The van der Waals surface area contributed by atoms with Crippen molar-refractivity contribution in [1.29, 1.82) is 0 Å². The number of halogens is 1. The number of hydrogen-bond acceptors (Lipinski definition) is 14. The lowest BCUT2D eigenvalue weighted by Crippen LogP contribution is -2.56. The second kappa shape index (κ2) is 17.7. The molecule has 4 aromatic rings. The van der Waals surface area contributed by atoms with E-state index in [4.69, 9.17) is 31.0 Å². The molecule has 1 aliphatic carbocycles. The topological polar surface area (TPSA) is 196 Å². The maximum absolute atomic E-state index is 13.2. The van der Waals surface area contributed by atoms with Crippen molar-refractivity contribution in [3.63, 3.8) is 0 Å². The minimum absolute atomic E-state index is 0.0921. The van der Waals surface area contributed by atoms with Gasteiger partial charge in [0.25, 0.3) is 17.4 Å². The van der Waals surface area contributed by atoms with E-state index in [1.165, 1.54) is 11.9 Å². The fraction of sp³-hybridized carbons (Fsp3) is 0.500. The number of ether oxygens (including phenoxy) is 2. The number of piperidine rings is 2. The number of anilines is 4. The van der Waals surface area contributed by atoms with Gasteiger partial charge in [0.15, 0.2) is 18.2 Å². The molecule has 0 spiro atoms. The second-order valence-electron chi connectivity index (χ2n) is 17.2. The van der Waals surface area contributed by atoms with Gasteiger partial charge in [-0.05, 0) is 82.3 Å². The summed E-state index contributed by atoms with van der Waals surface area (Å²) in [4.78, 5) is 85.0. The summed E-state index contributed by atoms with van der Waals surface area (Å²) in [5, 5.41) is 9.31. The Bertz CT molecular complexity index is 2500. The fourth-order valence-corrected chi connectivity index (χ4v) is 9.43. The van der Waals surface area contributed by atoms with Gasteiger partial charge in [-0.25, -0.2) is 9.97 Å². The summed E-state index contributed by atoms with van der Waals surface area (Å²) in [5.74, 6) is 0.723. The molecule has 0 bridgehead atoms. The molecule has 63 heavy (non-hydrogen) atoms. The van der Waals surface area contributed by atoms with Crippen molar-refractivity contribution in [1.82, 2.24) is 40.0 Å². The number of hydrogen-bond donors (Lipinski definition) is 3. The quantitative estimate of drug-likeness (QED) is 0.175. The Morgan fingerprint density at radius 1 is 0.937 bits per heavy atom. The average Bonchev–Trinajstić information content (AvgIpc) is 3.59. The Morgan fingerprint density at radius 2 is 1.71 bits per heavy atom. The van der Waals surface area contributed by atoms with E-state index in [9.17, 15) is 24.0 Å². The lowest BCUT2D eigenvalue weighted by atomic mass is 9.87. The summed E-state index contributed by atoms with van der Waals surface area (Å²) < 4.78 is 13.9. The van der Waals surface area contributed by atoms with Gasteiger partial charge in [-0.3, -0.25) is 34.2 Å². The molecule has 1 aromatic carbocycles. The van der Waals surface area contributed by atoms with Gasteiger partial charge >= 0.3 is 0 Å². The minimum atomic E-state index is -0.651. The Kier molecular flexibility index (Phi) is 11.9. The Hall–Kier alpha value is -5.85. The lowest BCUT2D eigenvalue weighted by Gasteiger charge is -2.47. The van der Waals surface area contributed by atoms with E-state index in [2.05, 4.69) is 35.6 Å². The first-order valence-corrected chi connectivity index (χ1v) is 22.2. The van der Waals surface area contributed by atoms with Gasteiger partial charge in [-0.1, -0.05) is 11.6 Å². The van der Waals surface area contributed by atoms with Crippen molar-refractivity contribution in [2.75, 3.05) is 68.0 Å². The highest BCUT2D eigenvalue weighted by Crippen LogP contribution is 2.34. The first-order chi connectivity index (χ1) is 30.4. The number of imide groups is 1. The number of fused-ring (bicyclic) bond motifs is 2. The average molecular weight is 882 g/mol. The van der Waals surface area contributed by atoms with Crippen LogP contribution < -0.4 is 36.0 Å². The van der Waals surface area contributed by atoms with Crippen LogP contribution in [0.5, 0.6) is 5.75 Å². The third kappa shape index (κ3) is 8.75. The van der Waals surface area contributed by atoms with E-state index in [0.29, 0.717) is 46.2 Å². The van der Waals surface area contributed by atoms with Gasteiger partial charge in [0, 0.05) is 75.9 Å². The van der Waals surface area contributed by atoms with E-state index >= 15 is 0 Å². The Labute approximate surface area is 369 Å². The summed E-state index contributed by atoms with van der Waals surface area (Å²) in [5.41, 5.74) is 2.35. The first kappa shape index (κ1) is 42.5. The maximum atomic E-state index is 13.2. The SMILES string of the molecule is CNC(=O)COc1cc2cc(Nc3nc(N4CCC(OC5CC(N6CCN(c7ccc8c(n7)CN(C7CCC(=O)NC7=O)C8=O)CC6)C5)CC4)ncc3Cl)ccc2n(C(C)C)c1=O. The van der Waals surface area contributed by atoms with Crippen LogP contribution in [0.2, 0.25) is 5.02 Å². The van der Waals surface area contributed by atoms with E-state index in [1.807, 2.05) is 44.2 Å². The molecule has 332 valence electrons. The smallest absolute Gasteiger partial charge is 0.293 e. The van der Waals surface area contributed by atoms with Gasteiger partial charge in [-0.15, -0.1) is 0 Å². The number of carbonyl (C=O) groups excluding carboxylic acids is 4. The number of piperazine rings is 1. The molecule has 0 radical (unpaired) electrons. The zero-order valence-corrected chi connectivity index (χ0v) is 36.4. The number of nitrogens with one attached hydrogen (secondary N) is 3. The van der Waals surface area contributed by atoms with Crippen LogP contribution in [0.25, 0.3) is 10.9 Å². The molecule has 5 aliphatic rings. The van der Waals surface area contributed by atoms with E-state index in [1.54, 1.807) is 16.8 Å². The van der Waals surface area contributed by atoms with Gasteiger partial charge in [0.1, 0.15) is 16.9 Å². The van der Waals surface area contributed by atoms with Gasteiger partial charge in [-0.2, -0.15) is 4.98 Å². The third-order valence-corrected chi connectivity index (χ3v) is 13.1. The highest BCUT2D eigenvalue weighted by Gasteiger charge is 2.41. The van der Waals surface area contributed by atoms with Crippen molar-refractivity contribution < 1.29 is 28.7 Å². The predicted molar refractivity (Wildman–Crippen MR) is 236 cm³/mol. The zero-order valence-electron chi connectivity index (χ0n) is 35.6. The highest BCUT2D eigenvalue weighted by molar-refractivity contribution is 6.33. The second-order valence-corrected chi connectivity index (χ2v) is 17.6. The zero-order chi connectivity index (χ0) is 43.9.